The summed E-state index contributed by atoms with van der Waals surface area (Å²) in [6.45, 7) is 9.66. The van der Waals surface area contributed by atoms with E-state index < -0.39 is 0 Å². The first-order valence-corrected chi connectivity index (χ1v) is 6.73. The van der Waals surface area contributed by atoms with Crippen LogP contribution >= 0.6 is 0 Å². The summed E-state index contributed by atoms with van der Waals surface area (Å²) < 4.78 is 2.08. The Bertz CT molecular complexity index is 339. The van der Waals surface area contributed by atoms with Gasteiger partial charge in [-0.3, -0.25) is 4.68 Å². The van der Waals surface area contributed by atoms with Crippen molar-refractivity contribution in [1.29, 1.82) is 0 Å². The lowest BCUT2D eigenvalue weighted by molar-refractivity contribution is 0.597. The summed E-state index contributed by atoms with van der Waals surface area (Å²) in [6, 6.07) is 2.09. The Morgan fingerprint density at radius 3 is 2.82 bits per heavy atom. The highest BCUT2D eigenvalue weighted by Crippen LogP contribution is 2.09. The Hall–Kier alpha value is -1.09. The number of nitrogens with one attached hydrogen (secondary N) is 1. The second-order valence-corrected chi connectivity index (χ2v) is 4.31. The monoisotopic (exact) mass is 235 g/mol. The third-order valence-corrected chi connectivity index (χ3v) is 2.77. The highest BCUT2D eigenvalue weighted by atomic mass is 15.3. The maximum Gasteiger partial charge on any atom is 0.0609 e. The van der Waals surface area contributed by atoms with E-state index in [9.17, 15) is 0 Å². The number of hydrogen-bond donors (Lipinski definition) is 1. The first kappa shape index (κ1) is 14.0. The molecular formula is C14H25N3. The predicted octanol–water partition coefficient (Wildman–Crippen LogP) is 3.09. The average Bonchev–Trinajstić information content (AvgIpc) is 2.76. The third-order valence-electron chi connectivity index (χ3n) is 2.77. The number of nitrogens with zero attached hydrogens (tertiary/aromatic N) is 2. The van der Waals surface area contributed by atoms with Crippen molar-refractivity contribution >= 4 is 6.08 Å². The minimum absolute atomic E-state index is 0.988. The zero-order valence-electron chi connectivity index (χ0n) is 11.4. The molecule has 1 aromatic rings. The second-order valence-electron chi connectivity index (χ2n) is 4.31. The molecule has 0 unspecified atom stereocenters. The van der Waals surface area contributed by atoms with Crippen LogP contribution in [0.2, 0.25) is 0 Å². The summed E-state index contributed by atoms with van der Waals surface area (Å²) in [5, 5.41) is 7.79. The first-order chi connectivity index (χ1) is 8.31. The van der Waals surface area contributed by atoms with Crippen molar-refractivity contribution in [3.63, 3.8) is 0 Å². The second kappa shape index (κ2) is 8.07. The van der Waals surface area contributed by atoms with E-state index >= 15 is 0 Å². The van der Waals surface area contributed by atoms with E-state index in [1.54, 1.807) is 0 Å². The van der Waals surface area contributed by atoms with Gasteiger partial charge < -0.3 is 5.32 Å². The lowest BCUT2D eigenvalue weighted by Crippen LogP contribution is -2.17. The normalized spacial score (nSPS) is 12.1. The van der Waals surface area contributed by atoms with Gasteiger partial charge in [-0.1, -0.05) is 26.3 Å². The standard InChI is InChI=1S/C14H25N3/c1-4-8-15-12-13(6-3)11-14-7-9-16-17(14)10-5-2/h7,9,11,15H,4-6,8,10,12H2,1-3H3. The van der Waals surface area contributed by atoms with E-state index in [4.69, 9.17) is 0 Å². The van der Waals surface area contributed by atoms with E-state index in [-0.39, 0.29) is 0 Å². The van der Waals surface area contributed by atoms with Crippen LogP contribution in [0.4, 0.5) is 0 Å². The van der Waals surface area contributed by atoms with Gasteiger partial charge in [0.1, 0.15) is 0 Å². The summed E-state index contributed by atoms with van der Waals surface area (Å²) in [5.74, 6) is 0. The van der Waals surface area contributed by atoms with Crippen LogP contribution in [-0.4, -0.2) is 22.9 Å². The zero-order chi connectivity index (χ0) is 12.5. The van der Waals surface area contributed by atoms with Gasteiger partial charge in [0.25, 0.3) is 0 Å². The fourth-order valence-electron chi connectivity index (χ4n) is 1.78. The molecule has 0 aliphatic carbocycles. The van der Waals surface area contributed by atoms with Gasteiger partial charge in [0.15, 0.2) is 0 Å². The van der Waals surface area contributed by atoms with Crippen molar-refractivity contribution < 1.29 is 0 Å². The maximum atomic E-state index is 4.34. The molecule has 96 valence electrons. The van der Waals surface area contributed by atoms with Gasteiger partial charge in [-0.25, -0.2) is 0 Å². The van der Waals surface area contributed by atoms with Crippen molar-refractivity contribution in [2.75, 3.05) is 13.1 Å². The lowest BCUT2D eigenvalue weighted by Gasteiger charge is -2.07. The van der Waals surface area contributed by atoms with Gasteiger partial charge >= 0.3 is 0 Å². The Morgan fingerprint density at radius 2 is 2.18 bits per heavy atom. The van der Waals surface area contributed by atoms with Crippen LogP contribution in [0.5, 0.6) is 0 Å². The minimum atomic E-state index is 0.988. The van der Waals surface area contributed by atoms with Crippen molar-refractivity contribution in [2.24, 2.45) is 0 Å². The fourth-order valence-corrected chi connectivity index (χ4v) is 1.78. The van der Waals surface area contributed by atoms with Crippen molar-refractivity contribution in [3.05, 3.63) is 23.5 Å². The van der Waals surface area contributed by atoms with E-state index in [1.165, 1.54) is 17.7 Å². The molecule has 0 bridgehead atoms. The summed E-state index contributed by atoms with van der Waals surface area (Å²) in [4.78, 5) is 0. The SMILES string of the molecule is CCCNCC(=Cc1ccnn1CCC)CC. The molecule has 0 amide bonds. The Morgan fingerprint density at radius 1 is 1.35 bits per heavy atom. The number of aryl methyl sites for hydroxylation is 1. The molecule has 0 spiro atoms. The molecule has 0 saturated carbocycles. The van der Waals surface area contributed by atoms with Crippen LogP contribution < -0.4 is 5.32 Å². The molecule has 3 nitrogen and oxygen atoms in total. The summed E-state index contributed by atoms with van der Waals surface area (Å²) >= 11 is 0. The molecule has 1 N–H and O–H groups in total. The quantitative estimate of drug-likeness (QED) is 0.702. The highest BCUT2D eigenvalue weighted by molar-refractivity contribution is 5.49. The molecule has 1 rings (SSSR count). The third kappa shape index (κ3) is 4.73. The molecule has 0 saturated heterocycles. The summed E-state index contributed by atoms with van der Waals surface area (Å²) in [6.07, 6.45) is 7.55. The van der Waals surface area contributed by atoms with Crippen molar-refractivity contribution in [1.82, 2.24) is 15.1 Å². The molecule has 0 atom stereocenters. The van der Waals surface area contributed by atoms with Crippen molar-refractivity contribution in [3.8, 4) is 0 Å². The fraction of sp³-hybridized carbons (Fsp3) is 0.643. The molecule has 1 heterocycles. The predicted molar refractivity (Wildman–Crippen MR) is 73.9 cm³/mol. The van der Waals surface area contributed by atoms with E-state index in [0.29, 0.717) is 0 Å². The van der Waals surface area contributed by atoms with Crippen LogP contribution in [-0.2, 0) is 6.54 Å². The average molecular weight is 235 g/mol. The molecule has 0 radical (unpaired) electrons. The van der Waals surface area contributed by atoms with E-state index in [2.05, 4.69) is 48.0 Å². The Labute approximate surface area is 105 Å². The largest absolute Gasteiger partial charge is 0.313 e. The summed E-state index contributed by atoms with van der Waals surface area (Å²) in [7, 11) is 0. The smallest absolute Gasteiger partial charge is 0.0609 e. The van der Waals surface area contributed by atoms with Crippen LogP contribution in [0.1, 0.15) is 45.7 Å². The molecule has 0 aliphatic rings. The van der Waals surface area contributed by atoms with Gasteiger partial charge in [0.05, 0.1) is 5.69 Å². The number of rotatable bonds is 8. The van der Waals surface area contributed by atoms with Gasteiger partial charge in [-0.15, -0.1) is 0 Å². The topological polar surface area (TPSA) is 29.9 Å². The number of hydrogen-bond acceptors (Lipinski definition) is 2. The van der Waals surface area contributed by atoms with Gasteiger partial charge in [-0.05, 0) is 37.9 Å². The molecule has 0 fully saturated rings. The van der Waals surface area contributed by atoms with Crippen LogP contribution in [0.3, 0.4) is 0 Å². The highest BCUT2D eigenvalue weighted by Gasteiger charge is 2.00. The Kier molecular flexibility index (Phi) is 6.63. The van der Waals surface area contributed by atoms with Gasteiger partial charge in [-0.2, -0.15) is 5.10 Å². The maximum absolute atomic E-state index is 4.34. The van der Waals surface area contributed by atoms with Gasteiger partial charge in [0, 0.05) is 19.3 Å². The van der Waals surface area contributed by atoms with Gasteiger partial charge in [0.2, 0.25) is 0 Å². The lowest BCUT2D eigenvalue weighted by atomic mass is 10.1. The van der Waals surface area contributed by atoms with Crippen LogP contribution in [0, 0.1) is 0 Å². The van der Waals surface area contributed by atoms with Crippen LogP contribution in [0.15, 0.2) is 17.8 Å². The van der Waals surface area contributed by atoms with E-state index in [0.717, 1.165) is 32.5 Å². The molecule has 0 aromatic carbocycles. The molecule has 17 heavy (non-hydrogen) atoms. The molecule has 0 aliphatic heterocycles. The van der Waals surface area contributed by atoms with Crippen molar-refractivity contribution in [2.45, 2.75) is 46.6 Å². The van der Waals surface area contributed by atoms with E-state index in [1.807, 2.05) is 6.20 Å². The van der Waals surface area contributed by atoms with Crippen LogP contribution in [0.25, 0.3) is 6.08 Å². The molecular weight excluding hydrogens is 210 g/mol. The molecule has 3 heteroatoms. The Balaban J connectivity index is 2.65. The zero-order valence-corrected chi connectivity index (χ0v) is 11.4. The minimum Gasteiger partial charge on any atom is -0.313 e. The molecule has 1 aromatic heterocycles. The first-order valence-electron chi connectivity index (χ1n) is 6.73. The summed E-state index contributed by atoms with van der Waals surface area (Å²) in [5.41, 5.74) is 2.67. The number of aromatic nitrogens is 2.